The fraction of sp³-hybridized carbons (Fsp3) is 0.526. The van der Waals surface area contributed by atoms with E-state index >= 15 is 0 Å². The van der Waals surface area contributed by atoms with Crippen molar-refractivity contribution >= 4 is 0 Å². The van der Waals surface area contributed by atoms with Gasteiger partial charge in [0.15, 0.2) is 0 Å². The standard InChI is InChI=1S/C19H26N4O/c1-15-3-5-18(6-4-15)24-19-9-17-13-22(7-8-23(17)14-19)12-16-10-20-21(2)11-16/h3-6,10-11,17,19H,7-9,12-14H2,1-2H3/t17-,19+/m0/s1. The van der Waals surface area contributed by atoms with Crippen LogP contribution in [0.2, 0.25) is 0 Å². The lowest BCUT2D eigenvalue weighted by molar-refractivity contribution is 0.0978. The molecular formula is C19H26N4O. The zero-order valence-electron chi connectivity index (χ0n) is 14.6. The minimum atomic E-state index is 0.316. The minimum Gasteiger partial charge on any atom is -0.489 e. The van der Waals surface area contributed by atoms with Gasteiger partial charge in [0.1, 0.15) is 11.9 Å². The van der Waals surface area contributed by atoms with Gasteiger partial charge in [-0.3, -0.25) is 14.5 Å². The van der Waals surface area contributed by atoms with E-state index in [1.807, 2.05) is 17.9 Å². The molecule has 2 aliphatic rings. The van der Waals surface area contributed by atoms with Crippen LogP contribution in [0.15, 0.2) is 36.7 Å². The van der Waals surface area contributed by atoms with E-state index in [9.17, 15) is 0 Å². The topological polar surface area (TPSA) is 33.5 Å². The summed E-state index contributed by atoms with van der Waals surface area (Å²) >= 11 is 0. The molecule has 3 heterocycles. The van der Waals surface area contributed by atoms with E-state index in [1.54, 1.807) is 0 Å². The Kier molecular flexibility index (Phi) is 4.29. The molecule has 0 amide bonds. The maximum atomic E-state index is 6.21. The molecule has 0 saturated carbocycles. The van der Waals surface area contributed by atoms with E-state index in [-0.39, 0.29) is 0 Å². The van der Waals surface area contributed by atoms with Crippen LogP contribution in [-0.2, 0) is 13.6 Å². The molecule has 5 heteroatoms. The van der Waals surface area contributed by atoms with E-state index in [0.717, 1.165) is 44.9 Å². The Morgan fingerprint density at radius 2 is 2.00 bits per heavy atom. The van der Waals surface area contributed by atoms with Crippen molar-refractivity contribution in [1.29, 1.82) is 0 Å². The quantitative estimate of drug-likeness (QED) is 0.861. The second kappa shape index (κ2) is 6.57. The number of benzene rings is 1. The number of rotatable bonds is 4. The van der Waals surface area contributed by atoms with Crippen molar-refractivity contribution in [1.82, 2.24) is 19.6 Å². The Morgan fingerprint density at radius 1 is 1.17 bits per heavy atom. The van der Waals surface area contributed by atoms with Gasteiger partial charge in [-0.1, -0.05) is 17.7 Å². The molecule has 0 N–H and O–H groups in total. The Hall–Kier alpha value is -1.85. The lowest BCUT2D eigenvalue weighted by Crippen LogP contribution is -2.49. The van der Waals surface area contributed by atoms with Crippen molar-refractivity contribution < 1.29 is 4.74 Å². The summed E-state index contributed by atoms with van der Waals surface area (Å²) in [6.45, 7) is 7.56. The fourth-order valence-electron chi connectivity index (χ4n) is 3.91. The van der Waals surface area contributed by atoms with Gasteiger partial charge in [-0.2, -0.15) is 5.10 Å². The van der Waals surface area contributed by atoms with Crippen LogP contribution in [0, 0.1) is 6.92 Å². The average molecular weight is 326 g/mol. The molecule has 0 aliphatic carbocycles. The van der Waals surface area contributed by atoms with Crippen molar-refractivity contribution in [2.75, 3.05) is 26.2 Å². The molecule has 0 radical (unpaired) electrons. The summed E-state index contributed by atoms with van der Waals surface area (Å²) in [6, 6.07) is 9.02. The van der Waals surface area contributed by atoms with Gasteiger partial charge in [0.2, 0.25) is 0 Å². The molecular weight excluding hydrogens is 300 g/mol. The van der Waals surface area contributed by atoms with E-state index in [2.05, 4.69) is 52.3 Å². The predicted octanol–water partition coefficient (Wildman–Crippen LogP) is 2.07. The third-order valence-corrected chi connectivity index (χ3v) is 5.15. The first-order valence-corrected chi connectivity index (χ1v) is 8.83. The van der Waals surface area contributed by atoms with Gasteiger partial charge in [0, 0.05) is 64.0 Å². The van der Waals surface area contributed by atoms with Crippen molar-refractivity contribution in [3.63, 3.8) is 0 Å². The smallest absolute Gasteiger partial charge is 0.119 e. The van der Waals surface area contributed by atoms with Crippen LogP contribution in [0.5, 0.6) is 5.75 Å². The van der Waals surface area contributed by atoms with E-state index < -0.39 is 0 Å². The summed E-state index contributed by atoms with van der Waals surface area (Å²) in [7, 11) is 1.98. The highest BCUT2D eigenvalue weighted by Gasteiger charge is 2.37. The Morgan fingerprint density at radius 3 is 2.75 bits per heavy atom. The van der Waals surface area contributed by atoms with Gasteiger partial charge < -0.3 is 4.74 Å². The number of aryl methyl sites for hydroxylation is 2. The Balaban J connectivity index is 1.33. The van der Waals surface area contributed by atoms with Crippen LogP contribution in [0.3, 0.4) is 0 Å². The fourth-order valence-corrected chi connectivity index (χ4v) is 3.91. The Bertz CT molecular complexity index is 681. The molecule has 1 aromatic heterocycles. The normalized spacial score (nSPS) is 24.9. The average Bonchev–Trinajstić information content (AvgIpc) is 3.15. The molecule has 5 nitrogen and oxygen atoms in total. The number of fused-ring (bicyclic) bond motifs is 1. The highest BCUT2D eigenvalue weighted by atomic mass is 16.5. The third-order valence-electron chi connectivity index (χ3n) is 5.15. The lowest BCUT2D eigenvalue weighted by Gasteiger charge is -2.36. The van der Waals surface area contributed by atoms with Crippen LogP contribution in [0.4, 0.5) is 0 Å². The highest BCUT2D eigenvalue weighted by molar-refractivity contribution is 5.26. The van der Waals surface area contributed by atoms with Crippen molar-refractivity contribution in [2.45, 2.75) is 32.0 Å². The van der Waals surface area contributed by atoms with Gasteiger partial charge in [-0.15, -0.1) is 0 Å². The number of hydrogen-bond donors (Lipinski definition) is 0. The summed E-state index contributed by atoms with van der Waals surface area (Å²) < 4.78 is 8.09. The summed E-state index contributed by atoms with van der Waals surface area (Å²) in [5.41, 5.74) is 2.58. The molecule has 1 aromatic carbocycles. The van der Waals surface area contributed by atoms with Gasteiger partial charge >= 0.3 is 0 Å². The maximum absolute atomic E-state index is 6.21. The zero-order chi connectivity index (χ0) is 16.5. The monoisotopic (exact) mass is 326 g/mol. The zero-order valence-corrected chi connectivity index (χ0v) is 14.6. The van der Waals surface area contributed by atoms with E-state index in [0.29, 0.717) is 12.1 Å². The van der Waals surface area contributed by atoms with Crippen LogP contribution in [-0.4, -0.2) is 57.9 Å². The van der Waals surface area contributed by atoms with E-state index in [4.69, 9.17) is 4.74 Å². The first-order valence-electron chi connectivity index (χ1n) is 8.83. The van der Waals surface area contributed by atoms with Gasteiger partial charge in [-0.05, 0) is 19.1 Å². The molecule has 2 atom stereocenters. The highest BCUT2D eigenvalue weighted by Crippen LogP contribution is 2.26. The predicted molar refractivity (Wildman–Crippen MR) is 94.1 cm³/mol. The number of piperazine rings is 1. The molecule has 128 valence electrons. The number of aromatic nitrogens is 2. The number of nitrogens with zero attached hydrogens (tertiary/aromatic N) is 4. The summed E-state index contributed by atoms with van der Waals surface area (Å²) in [6.07, 6.45) is 5.53. The second-order valence-corrected chi connectivity index (χ2v) is 7.19. The number of ether oxygens (including phenoxy) is 1. The molecule has 0 unspecified atom stereocenters. The molecule has 24 heavy (non-hydrogen) atoms. The molecule has 2 aliphatic heterocycles. The summed E-state index contributed by atoms with van der Waals surface area (Å²) in [5.74, 6) is 0.998. The third kappa shape index (κ3) is 3.47. The maximum Gasteiger partial charge on any atom is 0.119 e. The van der Waals surface area contributed by atoms with Crippen LogP contribution in [0.25, 0.3) is 0 Å². The minimum absolute atomic E-state index is 0.316. The summed E-state index contributed by atoms with van der Waals surface area (Å²) in [5, 5.41) is 4.27. The second-order valence-electron chi connectivity index (χ2n) is 7.19. The van der Waals surface area contributed by atoms with Crippen LogP contribution >= 0.6 is 0 Å². The van der Waals surface area contributed by atoms with Crippen LogP contribution in [0.1, 0.15) is 17.5 Å². The van der Waals surface area contributed by atoms with Crippen molar-refractivity contribution in [3.8, 4) is 5.75 Å². The molecule has 0 spiro atoms. The van der Waals surface area contributed by atoms with Gasteiger partial charge in [0.05, 0.1) is 6.20 Å². The Labute approximate surface area is 143 Å². The van der Waals surface area contributed by atoms with Gasteiger partial charge in [-0.25, -0.2) is 0 Å². The molecule has 2 aromatic rings. The molecule has 2 saturated heterocycles. The van der Waals surface area contributed by atoms with Crippen LogP contribution < -0.4 is 4.74 Å². The van der Waals surface area contributed by atoms with Crippen molar-refractivity contribution in [3.05, 3.63) is 47.8 Å². The largest absolute Gasteiger partial charge is 0.489 e. The summed E-state index contributed by atoms with van der Waals surface area (Å²) in [4.78, 5) is 5.14. The van der Waals surface area contributed by atoms with Gasteiger partial charge in [0.25, 0.3) is 0 Å². The molecule has 4 rings (SSSR count). The van der Waals surface area contributed by atoms with Crippen molar-refractivity contribution in [2.24, 2.45) is 7.05 Å². The SMILES string of the molecule is Cc1ccc(O[C@@H]2C[C@H]3CN(Cc4cnn(C)c4)CCN3C2)cc1. The molecule has 2 fully saturated rings. The number of hydrogen-bond acceptors (Lipinski definition) is 4. The first kappa shape index (κ1) is 15.7. The lowest BCUT2D eigenvalue weighted by atomic mass is 10.1. The molecule has 0 bridgehead atoms. The first-order chi connectivity index (χ1) is 11.7. The van der Waals surface area contributed by atoms with E-state index in [1.165, 1.54) is 11.1 Å².